The Morgan fingerprint density at radius 2 is 2.10 bits per heavy atom. The summed E-state index contributed by atoms with van der Waals surface area (Å²) < 4.78 is 25.7. The van der Waals surface area contributed by atoms with Gasteiger partial charge < -0.3 is 0 Å². The lowest BCUT2D eigenvalue weighted by Crippen LogP contribution is -2.38. The number of aryl methyl sites for hydroxylation is 2. The molecule has 0 radical (unpaired) electrons. The molecule has 1 atom stereocenters. The summed E-state index contributed by atoms with van der Waals surface area (Å²) in [6.45, 7) is 4.92. The van der Waals surface area contributed by atoms with Crippen LogP contribution in [0.15, 0.2) is 6.07 Å². The van der Waals surface area contributed by atoms with Crippen molar-refractivity contribution in [1.82, 2.24) is 9.78 Å². The number of hydrogen-bond donors (Lipinski definition) is 0. The summed E-state index contributed by atoms with van der Waals surface area (Å²) in [5, 5.41) is 6.09. The minimum atomic E-state index is -2.87. The maximum atomic E-state index is 11.9. The van der Waals surface area contributed by atoms with Crippen LogP contribution in [0.2, 0.25) is 0 Å². The molecule has 1 aliphatic rings. The quantitative estimate of drug-likeness (QED) is 0.637. The van der Waals surface area contributed by atoms with Crippen LogP contribution < -0.4 is 0 Å². The van der Waals surface area contributed by atoms with E-state index in [0.717, 1.165) is 35.7 Å². The molecule has 21 heavy (non-hydrogen) atoms. The van der Waals surface area contributed by atoms with E-state index in [1.54, 1.807) is 0 Å². The first-order chi connectivity index (χ1) is 9.85. The van der Waals surface area contributed by atoms with Crippen molar-refractivity contribution in [3.63, 3.8) is 0 Å². The van der Waals surface area contributed by atoms with Gasteiger partial charge in [-0.25, -0.2) is 8.42 Å². The van der Waals surface area contributed by atoms with E-state index in [1.165, 1.54) is 5.69 Å². The first kappa shape index (κ1) is 17.5. The van der Waals surface area contributed by atoms with E-state index in [0.29, 0.717) is 11.5 Å². The van der Waals surface area contributed by atoms with Crippen molar-refractivity contribution in [3.05, 3.63) is 17.5 Å². The van der Waals surface area contributed by atoms with Crippen LogP contribution in [-0.4, -0.2) is 40.4 Å². The van der Waals surface area contributed by atoms with Crippen LogP contribution in [0, 0.1) is 18.3 Å². The molecule has 7 heteroatoms. The molecule has 0 spiro atoms. The van der Waals surface area contributed by atoms with Gasteiger partial charge in [0.1, 0.15) is 0 Å². The van der Waals surface area contributed by atoms with Gasteiger partial charge in [-0.15, -0.1) is 0 Å². The molecule has 2 rings (SSSR count). The normalized spacial score (nSPS) is 21.8. The van der Waals surface area contributed by atoms with Gasteiger partial charge in [0.15, 0.2) is 9.84 Å². The topological polar surface area (TPSA) is 52.0 Å². The molecule has 1 unspecified atom stereocenters. The van der Waals surface area contributed by atoms with Gasteiger partial charge in [0, 0.05) is 22.9 Å². The predicted octanol–water partition coefficient (Wildman–Crippen LogP) is 2.96. The van der Waals surface area contributed by atoms with Crippen LogP contribution in [0.3, 0.4) is 0 Å². The second-order valence-corrected chi connectivity index (χ2v) is 9.35. The summed E-state index contributed by atoms with van der Waals surface area (Å²) in [7, 11) is -2.87. The largest absolute Gasteiger partial charge is 0.270 e. The molecule has 4 nitrogen and oxygen atoms in total. The third-order valence-electron chi connectivity index (χ3n) is 4.45. The van der Waals surface area contributed by atoms with E-state index in [1.807, 2.05) is 11.6 Å². The highest BCUT2D eigenvalue weighted by Gasteiger charge is 2.44. The van der Waals surface area contributed by atoms with E-state index in [-0.39, 0.29) is 11.3 Å². The van der Waals surface area contributed by atoms with Crippen molar-refractivity contribution in [2.45, 2.75) is 33.2 Å². The Bertz CT molecular complexity index is 594. The van der Waals surface area contributed by atoms with Gasteiger partial charge >= 0.3 is 0 Å². The highest BCUT2D eigenvalue weighted by Crippen LogP contribution is 2.42. The Kier molecular flexibility index (Phi) is 5.58. The predicted molar refractivity (Wildman–Crippen MR) is 93.1 cm³/mol. The van der Waals surface area contributed by atoms with E-state index in [9.17, 15) is 8.42 Å². The summed E-state index contributed by atoms with van der Waals surface area (Å²) >= 11 is 7.27. The lowest BCUT2D eigenvalue weighted by molar-refractivity contribution is 0.247. The molecule has 0 N–H and O–H groups in total. The molecule has 1 aliphatic heterocycles. The minimum Gasteiger partial charge on any atom is -0.270 e. The number of hydrogen-bond acceptors (Lipinski definition) is 3. The number of nitrogens with zero attached hydrogens (tertiary/aromatic N) is 2. The van der Waals surface area contributed by atoms with Crippen LogP contribution in [-0.2, 0) is 22.8 Å². The molecule has 0 bridgehead atoms. The lowest BCUT2D eigenvalue weighted by atomic mass is 9.75. The zero-order valence-electron chi connectivity index (χ0n) is 12.5. The Balaban J connectivity index is 2.30. The Labute approximate surface area is 143 Å². The molecular weight excluding hydrogens is 420 g/mol. The number of halogens is 2. The second kappa shape index (κ2) is 6.71. The molecule has 0 saturated carbocycles. The molecule has 1 saturated heterocycles. The summed E-state index contributed by atoms with van der Waals surface area (Å²) in [5.41, 5.74) is 2.13. The van der Waals surface area contributed by atoms with Crippen LogP contribution in [0.4, 0.5) is 0 Å². The fraction of sp³-hybridized carbons (Fsp3) is 0.786. The Hall–Kier alpha value is 0.120. The average Bonchev–Trinajstić information content (AvgIpc) is 2.98. The smallest absolute Gasteiger partial charge is 0.150 e. The molecule has 0 amide bonds. The molecule has 0 aliphatic carbocycles. The van der Waals surface area contributed by atoms with E-state index in [4.69, 9.17) is 0 Å². The minimum absolute atomic E-state index is 0.0804. The van der Waals surface area contributed by atoms with Crippen molar-refractivity contribution in [2.75, 3.05) is 22.2 Å². The summed E-state index contributed by atoms with van der Waals surface area (Å²) in [6.07, 6.45) is 1.61. The van der Waals surface area contributed by atoms with E-state index >= 15 is 0 Å². The number of alkyl halides is 2. The molecule has 0 aromatic carbocycles. The van der Waals surface area contributed by atoms with Crippen LogP contribution in [0.5, 0.6) is 0 Å². The zero-order chi connectivity index (χ0) is 15.7. The van der Waals surface area contributed by atoms with Gasteiger partial charge in [0.25, 0.3) is 0 Å². The highest BCUT2D eigenvalue weighted by molar-refractivity contribution is 9.09. The summed E-state index contributed by atoms with van der Waals surface area (Å²) in [4.78, 5) is 0. The molecule has 1 fully saturated rings. The molecule has 1 aromatic rings. The third kappa shape index (κ3) is 3.72. The lowest BCUT2D eigenvalue weighted by Gasteiger charge is -2.35. The van der Waals surface area contributed by atoms with E-state index < -0.39 is 9.84 Å². The van der Waals surface area contributed by atoms with E-state index in [2.05, 4.69) is 49.9 Å². The monoisotopic (exact) mass is 440 g/mol. The first-order valence-electron chi connectivity index (χ1n) is 7.21. The van der Waals surface area contributed by atoms with Crippen molar-refractivity contribution in [3.8, 4) is 0 Å². The van der Waals surface area contributed by atoms with Crippen molar-refractivity contribution in [1.29, 1.82) is 0 Å². The molecule has 1 aromatic heterocycles. The van der Waals surface area contributed by atoms with Gasteiger partial charge in [-0.05, 0) is 44.1 Å². The van der Waals surface area contributed by atoms with Gasteiger partial charge in [0.2, 0.25) is 0 Å². The SMILES string of the molecule is CCn1nc(C)cc1CC(CBr)(CBr)C1CCS(=O)(=O)C1. The fourth-order valence-electron chi connectivity index (χ4n) is 3.15. The number of sulfone groups is 1. The zero-order valence-corrected chi connectivity index (χ0v) is 16.5. The summed E-state index contributed by atoms with van der Waals surface area (Å²) in [5.74, 6) is 0.830. The fourth-order valence-corrected chi connectivity index (χ4v) is 7.33. The van der Waals surface area contributed by atoms with Crippen molar-refractivity contribution < 1.29 is 8.42 Å². The van der Waals surface area contributed by atoms with Gasteiger partial charge in [0.05, 0.1) is 17.2 Å². The number of rotatable bonds is 6. The average molecular weight is 442 g/mol. The Morgan fingerprint density at radius 3 is 2.57 bits per heavy atom. The molecule has 120 valence electrons. The van der Waals surface area contributed by atoms with Crippen LogP contribution in [0.25, 0.3) is 0 Å². The van der Waals surface area contributed by atoms with Crippen LogP contribution in [0.1, 0.15) is 24.7 Å². The molecule has 2 heterocycles. The van der Waals surface area contributed by atoms with Crippen LogP contribution >= 0.6 is 31.9 Å². The number of aromatic nitrogens is 2. The highest BCUT2D eigenvalue weighted by atomic mass is 79.9. The van der Waals surface area contributed by atoms with Crippen molar-refractivity contribution >= 4 is 41.7 Å². The second-order valence-electron chi connectivity index (χ2n) is 6.00. The maximum absolute atomic E-state index is 11.9. The summed E-state index contributed by atoms with van der Waals surface area (Å²) in [6, 6.07) is 2.12. The maximum Gasteiger partial charge on any atom is 0.150 e. The standard InChI is InChI=1S/C14H22Br2N2O2S/c1-3-18-13(6-11(2)17-18)7-14(9-15,10-16)12-4-5-21(19,20)8-12/h6,12H,3-5,7-10H2,1-2H3. The van der Waals surface area contributed by atoms with Gasteiger partial charge in [-0.2, -0.15) is 5.10 Å². The van der Waals surface area contributed by atoms with Gasteiger partial charge in [-0.1, -0.05) is 31.9 Å². The Morgan fingerprint density at radius 1 is 1.43 bits per heavy atom. The van der Waals surface area contributed by atoms with Crippen molar-refractivity contribution in [2.24, 2.45) is 11.3 Å². The third-order valence-corrected chi connectivity index (χ3v) is 8.45. The first-order valence-corrected chi connectivity index (χ1v) is 11.3. The van der Waals surface area contributed by atoms with Gasteiger partial charge in [-0.3, -0.25) is 4.68 Å². The molecular formula is C14H22Br2N2O2S.